The van der Waals surface area contributed by atoms with Crippen LogP contribution < -0.4 is 4.72 Å². The maximum atomic E-state index is 12.1. The smallest absolute Gasteiger partial charge is 0.347 e. The summed E-state index contributed by atoms with van der Waals surface area (Å²) in [4.78, 5) is 14.7. The van der Waals surface area contributed by atoms with Crippen LogP contribution in [0.4, 0.5) is 0 Å². The molecule has 118 valence electrons. The minimum atomic E-state index is -3.47. The van der Waals surface area contributed by atoms with Gasteiger partial charge in [0.25, 0.3) is 0 Å². The predicted octanol–water partition coefficient (Wildman–Crippen LogP) is 2.06. The van der Waals surface area contributed by atoms with Gasteiger partial charge in [-0.05, 0) is 11.5 Å². The molecule has 0 aliphatic rings. The van der Waals surface area contributed by atoms with Crippen LogP contribution in [0.2, 0.25) is 0 Å². The molecular formula is C14H16N2O4S2. The molecule has 6 nitrogen and oxygen atoms in total. The molecule has 2 aromatic rings. The van der Waals surface area contributed by atoms with Crippen LogP contribution in [0.25, 0.3) is 0 Å². The Morgan fingerprint density at radius 1 is 1.36 bits per heavy atom. The van der Waals surface area contributed by atoms with Gasteiger partial charge < -0.3 is 5.11 Å². The van der Waals surface area contributed by atoms with Crippen molar-refractivity contribution in [3.63, 3.8) is 0 Å². The lowest BCUT2D eigenvalue weighted by Gasteiger charge is -2.12. The minimum Gasteiger partial charge on any atom is -0.477 e. The normalized spacial score (nSPS) is 13.0. The zero-order valence-electron chi connectivity index (χ0n) is 11.9. The molecule has 0 aliphatic heterocycles. The van der Waals surface area contributed by atoms with E-state index in [1.54, 1.807) is 0 Å². The Kier molecular flexibility index (Phi) is 5.28. The number of hydrogen-bond donors (Lipinski definition) is 2. The fourth-order valence-corrected chi connectivity index (χ4v) is 4.04. The molecule has 22 heavy (non-hydrogen) atoms. The third kappa shape index (κ3) is 4.62. The lowest BCUT2D eigenvalue weighted by atomic mass is 10.0. The number of nitrogens with one attached hydrogen (secondary N) is 1. The second-order valence-electron chi connectivity index (χ2n) is 4.84. The first kappa shape index (κ1) is 16.6. The summed E-state index contributed by atoms with van der Waals surface area (Å²) in [5.74, 6) is -1.23. The van der Waals surface area contributed by atoms with E-state index in [0.29, 0.717) is 5.01 Å². The molecule has 1 atom stereocenters. The van der Waals surface area contributed by atoms with Crippen LogP contribution >= 0.6 is 11.3 Å². The number of thiazole rings is 1. The molecule has 0 aliphatic carbocycles. The number of nitrogens with zero attached hydrogens (tertiary/aromatic N) is 1. The van der Waals surface area contributed by atoms with Crippen LogP contribution in [0, 0.1) is 0 Å². The summed E-state index contributed by atoms with van der Waals surface area (Å²) in [7, 11) is -3.47. The van der Waals surface area contributed by atoms with Crippen molar-refractivity contribution < 1.29 is 18.3 Å². The van der Waals surface area contributed by atoms with E-state index in [9.17, 15) is 13.2 Å². The van der Waals surface area contributed by atoms with E-state index in [-0.39, 0.29) is 23.1 Å². The Bertz CT molecular complexity index is 741. The van der Waals surface area contributed by atoms with Gasteiger partial charge in [-0.1, -0.05) is 37.3 Å². The van der Waals surface area contributed by atoms with E-state index >= 15 is 0 Å². The summed E-state index contributed by atoms with van der Waals surface area (Å²) in [5, 5.41) is 9.23. The van der Waals surface area contributed by atoms with Crippen molar-refractivity contribution in [1.82, 2.24) is 9.71 Å². The van der Waals surface area contributed by atoms with Crippen molar-refractivity contribution in [2.24, 2.45) is 0 Å². The second kappa shape index (κ2) is 6.99. The van der Waals surface area contributed by atoms with Crippen LogP contribution in [0.3, 0.4) is 0 Å². The fourth-order valence-electron chi connectivity index (χ4n) is 1.93. The number of rotatable bonds is 7. The highest BCUT2D eigenvalue weighted by atomic mass is 32.2. The minimum absolute atomic E-state index is 0.00178. The van der Waals surface area contributed by atoms with Crippen LogP contribution in [-0.4, -0.2) is 30.2 Å². The van der Waals surface area contributed by atoms with E-state index in [1.807, 2.05) is 37.3 Å². The van der Waals surface area contributed by atoms with Gasteiger partial charge in [0, 0.05) is 0 Å². The Balaban J connectivity index is 1.94. The first-order chi connectivity index (χ1) is 10.4. The zero-order chi connectivity index (χ0) is 16.2. The first-order valence-corrected chi connectivity index (χ1v) is 9.04. The van der Waals surface area contributed by atoms with Gasteiger partial charge in [0.2, 0.25) is 10.0 Å². The highest BCUT2D eigenvalue weighted by Gasteiger charge is 2.18. The van der Waals surface area contributed by atoms with E-state index < -0.39 is 16.0 Å². The standard InChI is InChI=1S/C14H16N2O4S2/c1-10(11-5-3-2-4-6-11)9-22(19,20)16-8-13-15-7-12(21-13)14(17)18/h2-7,10,16H,8-9H2,1H3,(H,17,18). The van der Waals surface area contributed by atoms with Gasteiger partial charge in [-0.15, -0.1) is 11.3 Å². The summed E-state index contributed by atoms with van der Waals surface area (Å²) >= 11 is 0.959. The monoisotopic (exact) mass is 340 g/mol. The Hall–Kier alpha value is -1.77. The molecule has 0 radical (unpaired) electrons. The van der Waals surface area contributed by atoms with Crippen LogP contribution in [0.1, 0.15) is 33.1 Å². The Labute approximate surface area is 132 Å². The molecule has 2 N–H and O–H groups in total. The Morgan fingerprint density at radius 3 is 2.64 bits per heavy atom. The number of carboxylic acids is 1. The summed E-state index contributed by atoms with van der Waals surface area (Å²) in [6.45, 7) is 1.85. The van der Waals surface area contributed by atoms with Crippen molar-refractivity contribution in [2.45, 2.75) is 19.4 Å². The van der Waals surface area contributed by atoms with Crippen molar-refractivity contribution in [1.29, 1.82) is 0 Å². The number of carboxylic acid groups (broad SMARTS) is 1. The molecule has 1 heterocycles. The number of aromatic nitrogens is 1. The van der Waals surface area contributed by atoms with Gasteiger partial charge in [-0.25, -0.2) is 22.9 Å². The number of benzene rings is 1. The summed E-state index contributed by atoms with van der Waals surface area (Å²) < 4.78 is 26.6. The average Bonchev–Trinajstić information content (AvgIpc) is 2.95. The number of hydrogen-bond acceptors (Lipinski definition) is 5. The maximum Gasteiger partial charge on any atom is 0.347 e. The predicted molar refractivity (Wildman–Crippen MR) is 84.6 cm³/mol. The molecule has 0 saturated heterocycles. The quantitative estimate of drug-likeness (QED) is 0.804. The molecule has 2 rings (SSSR count). The molecule has 1 aromatic heterocycles. The topological polar surface area (TPSA) is 96.4 Å². The van der Waals surface area contributed by atoms with E-state index in [4.69, 9.17) is 5.11 Å². The summed E-state index contributed by atoms with van der Waals surface area (Å²) in [5.41, 5.74) is 0.954. The van der Waals surface area contributed by atoms with Crippen molar-refractivity contribution in [2.75, 3.05) is 5.75 Å². The molecule has 1 aromatic carbocycles. The molecule has 0 spiro atoms. The first-order valence-electron chi connectivity index (χ1n) is 6.57. The Morgan fingerprint density at radius 2 is 2.05 bits per heavy atom. The lowest BCUT2D eigenvalue weighted by Crippen LogP contribution is -2.28. The molecule has 1 unspecified atom stereocenters. The van der Waals surface area contributed by atoms with Crippen LogP contribution in [-0.2, 0) is 16.6 Å². The van der Waals surface area contributed by atoms with E-state index in [0.717, 1.165) is 16.9 Å². The van der Waals surface area contributed by atoms with Gasteiger partial charge in [0.05, 0.1) is 18.5 Å². The number of sulfonamides is 1. The van der Waals surface area contributed by atoms with Gasteiger partial charge >= 0.3 is 5.97 Å². The molecular weight excluding hydrogens is 324 g/mol. The molecule has 8 heteroatoms. The van der Waals surface area contributed by atoms with E-state index in [1.165, 1.54) is 6.20 Å². The largest absolute Gasteiger partial charge is 0.477 e. The van der Waals surface area contributed by atoms with Crippen LogP contribution in [0.5, 0.6) is 0 Å². The second-order valence-corrected chi connectivity index (χ2v) is 7.80. The third-order valence-electron chi connectivity index (χ3n) is 3.05. The molecule has 0 bridgehead atoms. The SMILES string of the molecule is CC(CS(=O)(=O)NCc1ncc(C(=O)O)s1)c1ccccc1. The number of carbonyl (C=O) groups is 1. The molecule has 0 amide bonds. The van der Waals surface area contributed by atoms with E-state index in [2.05, 4.69) is 9.71 Å². The fraction of sp³-hybridized carbons (Fsp3) is 0.286. The van der Waals surface area contributed by atoms with Gasteiger partial charge in [-0.3, -0.25) is 0 Å². The van der Waals surface area contributed by atoms with Crippen molar-refractivity contribution in [3.05, 3.63) is 52.0 Å². The molecule has 0 saturated carbocycles. The maximum absolute atomic E-state index is 12.1. The highest BCUT2D eigenvalue weighted by molar-refractivity contribution is 7.89. The van der Waals surface area contributed by atoms with Crippen molar-refractivity contribution >= 4 is 27.3 Å². The molecule has 0 fully saturated rings. The highest BCUT2D eigenvalue weighted by Crippen LogP contribution is 2.17. The lowest BCUT2D eigenvalue weighted by molar-refractivity contribution is 0.0702. The third-order valence-corrected chi connectivity index (χ3v) is 5.55. The zero-order valence-corrected chi connectivity index (χ0v) is 13.5. The van der Waals surface area contributed by atoms with Gasteiger partial charge in [0.15, 0.2) is 0 Å². The van der Waals surface area contributed by atoms with Gasteiger partial charge in [-0.2, -0.15) is 0 Å². The van der Waals surface area contributed by atoms with Crippen LogP contribution in [0.15, 0.2) is 36.5 Å². The van der Waals surface area contributed by atoms with Gasteiger partial charge in [0.1, 0.15) is 9.88 Å². The number of aromatic carboxylic acids is 1. The van der Waals surface area contributed by atoms with Crippen molar-refractivity contribution in [3.8, 4) is 0 Å². The summed E-state index contributed by atoms with van der Waals surface area (Å²) in [6, 6.07) is 9.40. The average molecular weight is 340 g/mol. The summed E-state index contributed by atoms with van der Waals surface area (Å²) in [6.07, 6.45) is 1.23.